The van der Waals surface area contributed by atoms with E-state index in [0.29, 0.717) is 0 Å². The molecule has 0 radical (unpaired) electrons. The Hall–Kier alpha value is -2.31. The van der Waals surface area contributed by atoms with Crippen LogP contribution in [-0.2, 0) is 4.74 Å². The van der Waals surface area contributed by atoms with Gasteiger partial charge in [-0.15, -0.1) is 0 Å². The third kappa shape index (κ3) is 2.90. The highest BCUT2D eigenvalue weighted by Gasteiger charge is 2.14. The minimum Gasteiger partial charge on any atom is -0.378 e. The van der Waals surface area contributed by atoms with Crippen LogP contribution in [0, 0.1) is 0 Å². The molecule has 0 amide bonds. The number of anilines is 2. The van der Waals surface area contributed by atoms with Crippen molar-refractivity contribution in [2.75, 3.05) is 35.9 Å². The summed E-state index contributed by atoms with van der Waals surface area (Å²) in [5, 5.41) is 0. The second-order valence-electron chi connectivity index (χ2n) is 5.69. The summed E-state index contributed by atoms with van der Waals surface area (Å²) in [4.78, 5) is 11.6. The van der Waals surface area contributed by atoms with Crippen molar-refractivity contribution in [1.82, 2.24) is 9.97 Å². The number of rotatable bonds is 3. The molecule has 1 aliphatic rings. The highest BCUT2D eigenvalue weighted by atomic mass is 32.1. The number of nitrogens with zero attached hydrogens (tertiary/aromatic N) is 3. The number of hydrogen-bond acceptors (Lipinski definition) is 6. The minimum atomic E-state index is 0.737. The van der Waals surface area contributed by atoms with Crippen molar-refractivity contribution in [2.24, 2.45) is 0 Å². The maximum absolute atomic E-state index is 5.41. The van der Waals surface area contributed by atoms with Crippen molar-refractivity contribution in [3.05, 3.63) is 48.7 Å². The fraction of sp³-hybridized carbons (Fsp3) is 0.222. The fourth-order valence-electron chi connectivity index (χ4n) is 2.95. The Morgan fingerprint density at radius 3 is 2.71 bits per heavy atom. The van der Waals surface area contributed by atoms with Crippen LogP contribution in [0.3, 0.4) is 0 Å². The summed E-state index contributed by atoms with van der Waals surface area (Å²) in [6.07, 6.45) is 1.84. The van der Waals surface area contributed by atoms with Gasteiger partial charge in [-0.3, -0.25) is 4.98 Å². The lowest BCUT2D eigenvalue weighted by Crippen LogP contribution is -2.36. The van der Waals surface area contributed by atoms with Gasteiger partial charge in [0.25, 0.3) is 0 Å². The molecule has 6 heteroatoms. The molecular weight excluding hydrogens is 320 g/mol. The summed E-state index contributed by atoms with van der Waals surface area (Å²) in [6.45, 7) is 3.18. The summed E-state index contributed by atoms with van der Waals surface area (Å²) in [5.74, 6) is 0.906. The van der Waals surface area contributed by atoms with Crippen molar-refractivity contribution < 1.29 is 4.74 Å². The molecule has 0 bridgehead atoms. The van der Waals surface area contributed by atoms with Crippen LogP contribution in [0.25, 0.3) is 22.2 Å². The molecule has 0 saturated carbocycles. The number of ether oxygens (including phenoxy) is 1. The van der Waals surface area contributed by atoms with Gasteiger partial charge < -0.3 is 14.4 Å². The van der Waals surface area contributed by atoms with Gasteiger partial charge in [0.15, 0.2) is 0 Å². The van der Waals surface area contributed by atoms with Crippen LogP contribution in [0.2, 0.25) is 0 Å². The van der Waals surface area contributed by atoms with Crippen molar-refractivity contribution in [3.8, 4) is 11.1 Å². The van der Waals surface area contributed by atoms with Crippen molar-refractivity contribution in [3.63, 3.8) is 0 Å². The van der Waals surface area contributed by atoms with Gasteiger partial charge in [-0.05, 0) is 23.8 Å². The predicted molar refractivity (Wildman–Crippen MR) is 101 cm³/mol. The summed E-state index contributed by atoms with van der Waals surface area (Å²) < 4.78 is 8.35. The predicted octanol–water partition coefficient (Wildman–Crippen LogP) is 3.39. The highest BCUT2D eigenvalue weighted by Crippen LogP contribution is 2.30. The number of morpholine rings is 1. The van der Waals surface area contributed by atoms with Crippen LogP contribution < -0.4 is 9.62 Å². The van der Waals surface area contributed by atoms with Crippen LogP contribution >= 0.6 is 12.8 Å². The summed E-state index contributed by atoms with van der Waals surface area (Å²) in [5.41, 5.74) is 4.94. The second kappa shape index (κ2) is 6.67. The van der Waals surface area contributed by atoms with Gasteiger partial charge in [0.2, 0.25) is 0 Å². The number of para-hydroxylation sites is 1. The first-order valence-electron chi connectivity index (χ1n) is 7.94. The van der Waals surface area contributed by atoms with Gasteiger partial charge in [-0.25, -0.2) is 4.98 Å². The lowest BCUT2D eigenvalue weighted by Gasteiger charge is -2.27. The van der Waals surface area contributed by atoms with E-state index in [1.807, 2.05) is 30.5 Å². The molecule has 3 aromatic rings. The zero-order valence-corrected chi connectivity index (χ0v) is 14.0. The molecule has 1 fully saturated rings. The Balaban J connectivity index is 1.76. The van der Waals surface area contributed by atoms with E-state index < -0.39 is 0 Å². The fourth-order valence-corrected chi connectivity index (χ4v) is 3.14. The molecule has 0 unspecified atom stereocenters. The van der Waals surface area contributed by atoms with Gasteiger partial charge in [0.1, 0.15) is 5.82 Å². The number of nitrogens with one attached hydrogen (secondary N) is 1. The number of benzene rings is 2. The Bertz CT molecular complexity index is 865. The third-order valence-corrected chi connectivity index (χ3v) is 4.46. The van der Waals surface area contributed by atoms with E-state index >= 15 is 0 Å². The lowest BCUT2D eigenvalue weighted by atomic mass is 10.0. The average Bonchev–Trinajstić information content (AvgIpc) is 2.67. The Labute approximate surface area is 146 Å². The topological polar surface area (TPSA) is 50.3 Å². The standard InChI is InChI=1S/C18H18N4OS/c24-21-15-4-2-1-3-14(15)13-5-6-16-17(11-13)20-18(12-19-16)22-7-9-23-10-8-22/h1-6,11-12,21,24H,7-10H2. The molecule has 24 heavy (non-hydrogen) atoms. The van der Waals surface area contributed by atoms with Crippen LogP contribution in [0.4, 0.5) is 11.5 Å². The first kappa shape index (κ1) is 15.2. The van der Waals surface area contributed by atoms with Crippen LogP contribution in [0.1, 0.15) is 0 Å². The van der Waals surface area contributed by atoms with Crippen molar-refractivity contribution in [2.45, 2.75) is 0 Å². The summed E-state index contributed by atoms with van der Waals surface area (Å²) in [6, 6.07) is 14.2. The molecule has 0 aliphatic carbocycles. The van der Waals surface area contributed by atoms with E-state index in [2.05, 4.69) is 45.6 Å². The van der Waals surface area contributed by atoms with Crippen LogP contribution in [-0.4, -0.2) is 36.3 Å². The Kier molecular flexibility index (Phi) is 4.23. The van der Waals surface area contributed by atoms with Gasteiger partial charge in [0.05, 0.1) is 36.1 Å². The zero-order valence-electron chi connectivity index (χ0n) is 13.1. The number of thiol groups is 1. The van der Waals surface area contributed by atoms with E-state index in [9.17, 15) is 0 Å². The lowest BCUT2D eigenvalue weighted by molar-refractivity contribution is 0.122. The maximum atomic E-state index is 5.41. The molecule has 2 heterocycles. The molecule has 2 aromatic carbocycles. The van der Waals surface area contributed by atoms with E-state index in [0.717, 1.165) is 60.0 Å². The molecule has 1 aliphatic heterocycles. The number of hydrogen-bond donors (Lipinski definition) is 2. The smallest absolute Gasteiger partial charge is 0.148 e. The maximum Gasteiger partial charge on any atom is 0.148 e. The largest absolute Gasteiger partial charge is 0.378 e. The Morgan fingerprint density at radius 1 is 1.04 bits per heavy atom. The molecule has 0 spiro atoms. The van der Waals surface area contributed by atoms with Crippen LogP contribution in [0.15, 0.2) is 48.7 Å². The quantitative estimate of drug-likeness (QED) is 0.717. The van der Waals surface area contributed by atoms with E-state index in [1.54, 1.807) is 0 Å². The summed E-state index contributed by atoms with van der Waals surface area (Å²) >= 11 is 4.19. The number of fused-ring (bicyclic) bond motifs is 1. The minimum absolute atomic E-state index is 0.737. The van der Waals surface area contributed by atoms with Gasteiger partial charge in [0, 0.05) is 18.7 Å². The summed E-state index contributed by atoms with van der Waals surface area (Å²) in [7, 11) is 0. The average molecular weight is 338 g/mol. The SMILES string of the molecule is SNc1ccccc1-c1ccc2ncc(N3CCOCC3)nc2c1. The van der Waals surface area contributed by atoms with Crippen molar-refractivity contribution >= 4 is 35.4 Å². The molecule has 0 atom stereocenters. The molecule has 1 N–H and O–H groups in total. The molecule has 5 nitrogen and oxygen atoms in total. The van der Waals surface area contributed by atoms with E-state index in [-0.39, 0.29) is 0 Å². The first-order chi connectivity index (χ1) is 11.8. The van der Waals surface area contributed by atoms with Gasteiger partial charge in [-0.2, -0.15) is 0 Å². The van der Waals surface area contributed by atoms with E-state index in [4.69, 9.17) is 9.72 Å². The third-order valence-electron chi connectivity index (χ3n) is 4.22. The highest BCUT2D eigenvalue weighted by molar-refractivity contribution is 7.81. The zero-order chi connectivity index (χ0) is 16.4. The van der Waals surface area contributed by atoms with Gasteiger partial charge in [-0.1, -0.05) is 37.1 Å². The molecular formula is C18H18N4OS. The van der Waals surface area contributed by atoms with Crippen molar-refractivity contribution in [1.29, 1.82) is 0 Å². The Morgan fingerprint density at radius 2 is 1.88 bits per heavy atom. The van der Waals surface area contributed by atoms with E-state index in [1.165, 1.54) is 0 Å². The molecule has 1 saturated heterocycles. The molecule has 122 valence electrons. The normalized spacial score (nSPS) is 14.8. The second-order valence-corrected chi connectivity index (χ2v) is 5.91. The first-order valence-corrected chi connectivity index (χ1v) is 8.39. The molecule has 4 rings (SSSR count). The number of aromatic nitrogens is 2. The molecule has 1 aromatic heterocycles. The van der Waals surface area contributed by atoms with Gasteiger partial charge >= 0.3 is 0 Å². The monoisotopic (exact) mass is 338 g/mol. The van der Waals surface area contributed by atoms with Crippen LogP contribution in [0.5, 0.6) is 0 Å².